The number of unbranched alkanes of at least 4 members (excludes halogenated alkanes) is 1. The highest BCUT2D eigenvalue weighted by Crippen LogP contribution is 2.27. The lowest BCUT2D eigenvalue weighted by atomic mass is 10.2. The number of benzene rings is 1. The van der Waals surface area contributed by atoms with E-state index in [4.69, 9.17) is 0 Å². The predicted octanol–water partition coefficient (Wildman–Crippen LogP) is 3.52. The van der Waals surface area contributed by atoms with Gasteiger partial charge >= 0.3 is 0 Å². The molecule has 0 radical (unpaired) electrons. The monoisotopic (exact) mass is 393 g/mol. The Balaban J connectivity index is 1.95. The summed E-state index contributed by atoms with van der Waals surface area (Å²) in [5.74, 6) is -0.0822. The second-order valence-corrected chi connectivity index (χ2v) is 8.73. The Bertz CT molecular complexity index is 820. The van der Waals surface area contributed by atoms with Crippen molar-refractivity contribution in [1.82, 2.24) is 10.3 Å². The highest BCUT2D eigenvalue weighted by molar-refractivity contribution is 7.99. The molecule has 1 aromatic heterocycles. The average molecular weight is 394 g/mol. The summed E-state index contributed by atoms with van der Waals surface area (Å²) >= 11 is 1.44. The molecule has 2 N–H and O–H groups in total. The number of aromatic nitrogens is 1. The number of anilines is 1. The molecule has 0 spiro atoms. The van der Waals surface area contributed by atoms with Crippen LogP contribution in [0.25, 0.3) is 0 Å². The van der Waals surface area contributed by atoms with Crippen molar-refractivity contribution in [2.24, 2.45) is 0 Å². The maximum atomic E-state index is 12.0. The Morgan fingerprint density at radius 2 is 1.85 bits per heavy atom. The Kier molecular flexibility index (Phi) is 7.47. The summed E-state index contributed by atoms with van der Waals surface area (Å²) in [6.07, 6.45) is 3.55. The molecule has 0 fully saturated rings. The largest absolute Gasteiger partial charge is 0.352 e. The molecule has 0 atom stereocenters. The van der Waals surface area contributed by atoms with Gasteiger partial charge in [0.1, 0.15) is 5.03 Å². The maximum Gasteiger partial charge on any atom is 0.252 e. The normalized spacial score (nSPS) is 11.2. The molecule has 140 valence electrons. The van der Waals surface area contributed by atoms with Gasteiger partial charge < -0.3 is 5.32 Å². The van der Waals surface area contributed by atoms with Crippen molar-refractivity contribution in [3.63, 3.8) is 0 Å². The molecule has 0 unspecified atom stereocenters. The third-order valence-corrected chi connectivity index (χ3v) is 5.81. The van der Waals surface area contributed by atoms with Crippen molar-refractivity contribution in [3.05, 3.63) is 48.2 Å². The number of hydrogen-bond donors (Lipinski definition) is 2. The molecule has 0 saturated heterocycles. The van der Waals surface area contributed by atoms with Gasteiger partial charge in [-0.05, 0) is 49.7 Å². The topological polar surface area (TPSA) is 88.2 Å². The first kappa shape index (κ1) is 20.3. The van der Waals surface area contributed by atoms with Crippen molar-refractivity contribution < 1.29 is 13.2 Å². The predicted molar refractivity (Wildman–Crippen MR) is 105 cm³/mol. The fourth-order valence-electron chi connectivity index (χ4n) is 2.02. The summed E-state index contributed by atoms with van der Waals surface area (Å²) in [7, 11) is -3.27. The van der Waals surface area contributed by atoms with Crippen LogP contribution in [0.5, 0.6) is 0 Å². The van der Waals surface area contributed by atoms with E-state index in [2.05, 4.69) is 21.9 Å². The molecule has 8 heteroatoms. The van der Waals surface area contributed by atoms with E-state index < -0.39 is 10.0 Å². The minimum atomic E-state index is -3.27. The van der Waals surface area contributed by atoms with Gasteiger partial charge in [0.05, 0.1) is 11.3 Å². The van der Waals surface area contributed by atoms with E-state index in [1.165, 1.54) is 11.8 Å². The fraction of sp³-hybridized carbons (Fsp3) is 0.333. The first-order valence-electron chi connectivity index (χ1n) is 8.46. The average Bonchev–Trinajstić information content (AvgIpc) is 2.64. The second-order valence-electron chi connectivity index (χ2n) is 5.63. The van der Waals surface area contributed by atoms with Crippen LogP contribution in [-0.4, -0.2) is 31.6 Å². The zero-order valence-electron chi connectivity index (χ0n) is 14.9. The molecule has 6 nitrogen and oxygen atoms in total. The minimum absolute atomic E-state index is 0.0335. The first-order valence-corrected chi connectivity index (χ1v) is 10.9. The van der Waals surface area contributed by atoms with Crippen LogP contribution in [0.3, 0.4) is 0 Å². The lowest BCUT2D eigenvalue weighted by Gasteiger charge is -2.07. The summed E-state index contributed by atoms with van der Waals surface area (Å²) in [6, 6.07) is 10.6. The number of carbonyl (C=O) groups excluding carboxylic acids is 1. The highest BCUT2D eigenvalue weighted by Gasteiger charge is 2.08. The molecule has 2 rings (SSSR count). The van der Waals surface area contributed by atoms with Crippen molar-refractivity contribution >= 4 is 33.4 Å². The van der Waals surface area contributed by atoms with E-state index in [9.17, 15) is 13.2 Å². The number of amides is 1. The number of carbonyl (C=O) groups is 1. The molecule has 2 aromatic rings. The number of hydrogen-bond acceptors (Lipinski definition) is 5. The molecule has 0 bridgehead atoms. The van der Waals surface area contributed by atoms with Crippen LogP contribution in [-0.2, 0) is 10.0 Å². The molecule has 0 aliphatic rings. The molecular formula is C18H23N3O3S2. The van der Waals surface area contributed by atoms with Crippen molar-refractivity contribution in [2.75, 3.05) is 17.0 Å². The Hall–Kier alpha value is -2.06. The van der Waals surface area contributed by atoms with Gasteiger partial charge in [-0.2, -0.15) is 0 Å². The molecule has 0 aliphatic heterocycles. The van der Waals surface area contributed by atoms with Crippen LogP contribution in [0.2, 0.25) is 0 Å². The van der Waals surface area contributed by atoms with E-state index in [-0.39, 0.29) is 11.7 Å². The smallest absolute Gasteiger partial charge is 0.252 e. The summed E-state index contributed by atoms with van der Waals surface area (Å²) in [5, 5.41) is 3.62. The highest BCUT2D eigenvalue weighted by atomic mass is 32.2. The van der Waals surface area contributed by atoms with Crippen LogP contribution >= 0.6 is 11.8 Å². The Labute approximate surface area is 158 Å². The standard InChI is InChI=1S/C18H23N3O3S2/c1-3-5-12-19-18(22)14-6-11-17(20-13-14)25-16-9-7-15(8-10-16)21-26(23,24)4-2/h6-11,13,21H,3-5,12H2,1-2H3,(H,19,22). The van der Waals surface area contributed by atoms with Gasteiger partial charge in [-0.1, -0.05) is 25.1 Å². The van der Waals surface area contributed by atoms with Gasteiger partial charge in [0, 0.05) is 23.3 Å². The van der Waals surface area contributed by atoms with E-state index in [0.29, 0.717) is 17.8 Å². The number of nitrogens with one attached hydrogen (secondary N) is 2. The van der Waals surface area contributed by atoms with E-state index in [1.807, 2.05) is 12.1 Å². The third-order valence-electron chi connectivity index (χ3n) is 3.54. The summed E-state index contributed by atoms with van der Waals surface area (Å²) < 4.78 is 25.6. The van der Waals surface area contributed by atoms with Crippen molar-refractivity contribution in [1.29, 1.82) is 0 Å². The summed E-state index contributed by atoms with van der Waals surface area (Å²) in [4.78, 5) is 17.2. The molecule has 1 heterocycles. The maximum absolute atomic E-state index is 12.0. The van der Waals surface area contributed by atoms with Gasteiger partial charge in [0.15, 0.2) is 0 Å². The molecule has 0 saturated carbocycles. The van der Waals surface area contributed by atoms with E-state index in [0.717, 1.165) is 22.8 Å². The lowest BCUT2D eigenvalue weighted by Crippen LogP contribution is -2.24. The molecule has 0 aliphatic carbocycles. The van der Waals surface area contributed by atoms with Crippen LogP contribution in [0.4, 0.5) is 5.69 Å². The minimum Gasteiger partial charge on any atom is -0.352 e. The van der Waals surface area contributed by atoms with Crippen LogP contribution in [0, 0.1) is 0 Å². The van der Waals surface area contributed by atoms with Gasteiger partial charge in [0.25, 0.3) is 5.91 Å². The van der Waals surface area contributed by atoms with Gasteiger partial charge in [-0.3, -0.25) is 9.52 Å². The molecule has 1 aromatic carbocycles. The molecule has 1 amide bonds. The number of pyridine rings is 1. The quantitative estimate of drug-likeness (QED) is 0.636. The second kappa shape index (κ2) is 9.59. The van der Waals surface area contributed by atoms with Crippen LogP contribution < -0.4 is 10.0 Å². The number of sulfonamides is 1. The Morgan fingerprint density at radius 3 is 2.42 bits per heavy atom. The molecule has 26 heavy (non-hydrogen) atoms. The fourth-order valence-corrected chi connectivity index (χ4v) is 3.41. The summed E-state index contributed by atoms with van der Waals surface area (Å²) in [5.41, 5.74) is 1.07. The zero-order valence-corrected chi connectivity index (χ0v) is 16.5. The summed E-state index contributed by atoms with van der Waals surface area (Å²) in [6.45, 7) is 4.33. The van der Waals surface area contributed by atoms with Crippen LogP contribution in [0.1, 0.15) is 37.0 Å². The number of nitrogens with zero attached hydrogens (tertiary/aromatic N) is 1. The molecular weight excluding hydrogens is 370 g/mol. The van der Waals surface area contributed by atoms with Crippen molar-refractivity contribution in [3.8, 4) is 0 Å². The lowest BCUT2D eigenvalue weighted by molar-refractivity contribution is 0.0952. The van der Waals surface area contributed by atoms with Gasteiger partial charge in [-0.15, -0.1) is 0 Å². The third kappa shape index (κ3) is 6.34. The van der Waals surface area contributed by atoms with Crippen LogP contribution in [0.15, 0.2) is 52.5 Å². The van der Waals surface area contributed by atoms with Gasteiger partial charge in [-0.25, -0.2) is 13.4 Å². The number of rotatable bonds is 9. The first-order chi connectivity index (χ1) is 12.4. The van der Waals surface area contributed by atoms with E-state index >= 15 is 0 Å². The van der Waals surface area contributed by atoms with Crippen molar-refractivity contribution in [2.45, 2.75) is 36.6 Å². The zero-order chi connectivity index (χ0) is 19.0. The van der Waals surface area contributed by atoms with Gasteiger partial charge in [0.2, 0.25) is 10.0 Å². The Morgan fingerprint density at radius 1 is 1.12 bits per heavy atom. The SMILES string of the molecule is CCCCNC(=O)c1ccc(Sc2ccc(NS(=O)(=O)CC)cc2)nc1. The van der Waals surface area contributed by atoms with E-state index in [1.54, 1.807) is 37.4 Å².